The lowest BCUT2D eigenvalue weighted by molar-refractivity contribution is 0.0350. The van der Waals surface area contributed by atoms with Crippen LogP contribution in [0.4, 0.5) is 0 Å². The summed E-state index contributed by atoms with van der Waals surface area (Å²) in [6.45, 7) is 5.79. The van der Waals surface area contributed by atoms with Crippen molar-refractivity contribution >= 4 is 0 Å². The molecule has 1 unspecified atom stereocenters. The van der Waals surface area contributed by atoms with Gasteiger partial charge in [-0.2, -0.15) is 0 Å². The summed E-state index contributed by atoms with van der Waals surface area (Å²) in [6, 6.07) is 0. The van der Waals surface area contributed by atoms with Gasteiger partial charge in [0, 0.05) is 19.8 Å². The van der Waals surface area contributed by atoms with Crippen molar-refractivity contribution in [2.75, 3.05) is 46.1 Å². The molecular weight excluding hydrogens is 246 g/mol. The van der Waals surface area contributed by atoms with Crippen LogP contribution in [0.1, 0.15) is 39.0 Å². The number of rotatable bonds is 15. The minimum atomic E-state index is -0.440. The molecule has 0 aromatic rings. The van der Waals surface area contributed by atoms with Crippen molar-refractivity contribution < 1.29 is 19.7 Å². The van der Waals surface area contributed by atoms with Gasteiger partial charge in [-0.05, 0) is 19.4 Å². The van der Waals surface area contributed by atoms with Gasteiger partial charge in [0.1, 0.15) is 0 Å². The first-order valence-corrected chi connectivity index (χ1v) is 7.46. The van der Waals surface area contributed by atoms with Gasteiger partial charge in [-0.15, -0.1) is 0 Å². The summed E-state index contributed by atoms with van der Waals surface area (Å²) < 4.78 is 10.5. The van der Waals surface area contributed by atoms with Gasteiger partial charge >= 0.3 is 0 Å². The highest BCUT2D eigenvalue weighted by atomic mass is 16.5. The Bertz CT molecular complexity index is 170. The summed E-state index contributed by atoms with van der Waals surface area (Å²) in [5.41, 5.74) is 0. The molecule has 0 aliphatic heterocycles. The minimum absolute atomic E-state index is 0.0712. The summed E-state index contributed by atoms with van der Waals surface area (Å²) in [5.74, 6) is 0. The molecule has 5 heteroatoms. The molecule has 0 fully saturated rings. The molecule has 0 aliphatic carbocycles. The zero-order valence-corrected chi connectivity index (χ0v) is 12.3. The van der Waals surface area contributed by atoms with Crippen molar-refractivity contribution in [3.05, 3.63) is 0 Å². The van der Waals surface area contributed by atoms with Gasteiger partial charge in [0.05, 0.1) is 25.9 Å². The van der Waals surface area contributed by atoms with Gasteiger partial charge in [0.25, 0.3) is 0 Å². The molecule has 0 aromatic heterocycles. The van der Waals surface area contributed by atoms with E-state index in [-0.39, 0.29) is 6.61 Å². The van der Waals surface area contributed by atoms with E-state index in [1.54, 1.807) is 0 Å². The number of aliphatic hydroxyl groups is 2. The molecule has 0 spiro atoms. The van der Waals surface area contributed by atoms with Crippen LogP contribution in [0.3, 0.4) is 0 Å². The van der Waals surface area contributed by atoms with Crippen molar-refractivity contribution in [2.45, 2.75) is 45.1 Å². The average Bonchev–Trinajstić information content (AvgIpc) is 2.41. The summed E-state index contributed by atoms with van der Waals surface area (Å²) in [7, 11) is 0. The smallest absolute Gasteiger partial charge is 0.0897 e. The van der Waals surface area contributed by atoms with E-state index in [2.05, 4.69) is 12.2 Å². The Balaban J connectivity index is 3.10. The standard InChI is InChI=1S/C14H31NO4/c1-2-3-4-5-9-19-13-14(17)12-15-7-6-10-18-11-8-16/h14-17H,2-13H2,1H3. The fraction of sp³-hybridized carbons (Fsp3) is 1.00. The Morgan fingerprint density at radius 3 is 2.53 bits per heavy atom. The fourth-order valence-electron chi connectivity index (χ4n) is 1.64. The van der Waals surface area contributed by atoms with E-state index in [4.69, 9.17) is 14.6 Å². The molecule has 116 valence electrons. The maximum atomic E-state index is 9.64. The third kappa shape index (κ3) is 15.7. The van der Waals surface area contributed by atoms with Crippen LogP contribution >= 0.6 is 0 Å². The Morgan fingerprint density at radius 1 is 1.00 bits per heavy atom. The average molecular weight is 277 g/mol. The molecule has 0 amide bonds. The van der Waals surface area contributed by atoms with Crippen LogP contribution in [-0.4, -0.2) is 62.4 Å². The highest BCUT2D eigenvalue weighted by Crippen LogP contribution is 1.99. The third-order valence-electron chi connectivity index (χ3n) is 2.71. The molecule has 0 aromatic carbocycles. The SMILES string of the molecule is CCCCCCOCC(O)CNCCCOCCO. The predicted molar refractivity (Wildman–Crippen MR) is 76.4 cm³/mol. The molecule has 0 aliphatic rings. The largest absolute Gasteiger partial charge is 0.394 e. The molecule has 0 saturated carbocycles. The zero-order chi connectivity index (χ0) is 14.2. The molecule has 0 saturated heterocycles. The lowest BCUT2D eigenvalue weighted by atomic mass is 10.2. The number of aliphatic hydroxyl groups excluding tert-OH is 2. The van der Waals surface area contributed by atoms with Crippen molar-refractivity contribution in [1.82, 2.24) is 5.32 Å². The van der Waals surface area contributed by atoms with Crippen molar-refractivity contribution in [1.29, 1.82) is 0 Å². The van der Waals surface area contributed by atoms with Gasteiger partial charge in [-0.3, -0.25) is 0 Å². The molecule has 1 atom stereocenters. The lowest BCUT2D eigenvalue weighted by Crippen LogP contribution is -2.31. The van der Waals surface area contributed by atoms with Crippen LogP contribution in [0.2, 0.25) is 0 Å². The quantitative estimate of drug-likeness (QED) is 0.389. The molecule has 19 heavy (non-hydrogen) atoms. The fourth-order valence-corrected chi connectivity index (χ4v) is 1.64. The van der Waals surface area contributed by atoms with E-state index in [1.165, 1.54) is 19.3 Å². The maximum absolute atomic E-state index is 9.64. The molecule has 0 bridgehead atoms. The van der Waals surface area contributed by atoms with Crippen molar-refractivity contribution in [2.24, 2.45) is 0 Å². The van der Waals surface area contributed by atoms with Crippen LogP contribution in [0.25, 0.3) is 0 Å². The van der Waals surface area contributed by atoms with Crippen LogP contribution in [0.5, 0.6) is 0 Å². The van der Waals surface area contributed by atoms with Crippen LogP contribution in [0, 0.1) is 0 Å². The Kier molecular flexibility index (Phi) is 15.7. The molecule has 5 nitrogen and oxygen atoms in total. The van der Waals surface area contributed by atoms with Gasteiger partial charge in [-0.25, -0.2) is 0 Å². The molecular formula is C14H31NO4. The van der Waals surface area contributed by atoms with E-state index in [0.717, 1.165) is 26.0 Å². The first-order valence-electron chi connectivity index (χ1n) is 7.46. The summed E-state index contributed by atoms with van der Waals surface area (Å²) in [5, 5.41) is 21.3. The normalized spacial score (nSPS) is 12.8. The second-order valence-electron chi connectivity index (χ2n) is 4.68. The molecule has 0 rings (SSSR count). The number of hydrogen-bond donors (Lipinski definition) is 3. The number of unbranched alkanes of at least 4 members (excludes halogenated alkanes) is 3. The van der Waals surface area contributed by atoms with E-state index in [9.17, 15) is 5.11 Å². The maximum Gasteiger partial charge on any atom is 0.0897 e. The van der Waals surface area contributed by atoms with Gasteiger partial charge in [0.2, 0.25) is 0 Å². The number of hydrogen-bond acceptors (Lipinski definition) is 5. The second kappa shape index (κ2) is 15.9. The van der Waals surface area contributed by atoms with E-state index >= 15 is 0 Å². The topological polar surface area (TPSA) is 71.0 Å². The molecule has 3 N–H and O–H groups in total. The first kappa shape index (κ1) is 18.8. The van der Waals surface area contributed by atoms with Crippen LogP contribution in [-0.2, 0) is 9.47 Å². The summed E-state index contributed by atoms with van der Waals surface area (Å²) in [6.07, 6.45) is 5.21. The zero-order valence-electron chi connectivity index (χ0n) is 12.3. The molecule has 0 heterocycles. The first-order chi connectivity index (χ1) is 9.31. The highest BCUT2D eigenvalue weighted by molar-refractivity contribution is 4.58. The number of ether oxygens (including phenoxy) is 2. The highest BCUT2D eigenvalue weighted by Gasteiger charge is 2.03. The summed E-state index contributed by atoms with van der Waals surface area (Å²) in [4.78, 5) is 0. The van der Waals surface area contributed by atoms with E-state index in [1.807, 2.05) is 0 Å². The van der Waals surface area contributed by atoms with E-state index in [0.29, 0.717) is 26.4 Å². The van der Waals surface area contributed by atoms with Crippen molar-refractivity contribution in [3.8, 4) is 0 Å². The lowest BCUT2D eigenvalue weighted by Gasteiger charge is -2.12. The Morgan fingerprint density at radius 2 is 1.79 bits per heavy atom. The van der Waals surface area contributed by atoms with Gasteiger partial charge in [0.15, 0.2) is 0 Å². The van der Waals surface area contributed by atoms with E-state index < -0.39 is 6.10 Å². The third-order valence-corrected chi connectivity index (χ3v) is 2.71. The van der Waals surface area contributed by atoms with Crippen LogP contribution in [0.15, 0.2) is 0 Å². The second-order valence-corrected chi connectivity index (χ2v) is 4.68. The Hall–Kier alpha value is -0.200. The van der Waals surface area contributed by atoms with Gasteiger partial charge in [-0.1, -0.05) is 26.2 Å². The number of nitrogens with one attached hydrogen (secondary N) is 1. The monoisotopic (exact) mass is 277 g/mol. The minimum Gasteiger partial charge on any atom is -0.394 e. The summed E-state index contributed by atoms with van der Waals surface area (Å²) >= 11 is 0. The van der Waals surface area contributed by atoms with Crippen molar-refractivity contribution in [3.63, 3.8) is 0 Å². The van der Waals surface area contributed by atoms with Gasteiger partial charge < -0.3 is 25.0 Å². The molecule has 0 radical (unpaired) electrons. The predicted octanol–water partition coefficient (Wildman–Crippen LogP) is 0.933. The Labute approximate surface area is 117 Å². The van der Waals surface area contributed by atoms with Crippen LogP contribution < -0.4 is 5.32 Å².